The molecule has 2 heteroatoms. The molecule has 1 saturated carbocycles. The molecule has 1 aromatic heterocycles. The van der Waals surface area contributed by atoms with E-state index in [4.69, 9.17) is 0 Å². The molecule has 0 amide bonds. The molecule has 0 saturated heterocycles. The van der Waals surface area contributed by atoms with Crippen molar-refractivity contribution in [2.45, 2.75) is 38.8 Å². The Labute approximate surface area is 102 Å². The van der Waals surface area contributed by atoms with Gasteiger partial charge < -0.3 is 9.67 Å². The molecule has 1 aliphatic carbocycles. The van der Waals surface area contributed by atoms with E-state index in [9.17, 15) is 5.11 Å². The zero-order chi connectivity index (χ0) is 11.8. The maximum Gasteiger partial charge on any atom is 0.0782 e. The van der Waals surface area contributed by atoms with Crippen molar-refractivity contribution < 1.29 is 5.11 Å². The van der Waals surface area contributed by atoms with Gasteiger partial charge >= 0.3 is 0 Å². The van der Waals surface area contributed by atoms with Gasteiger partial charge in [0.25, 0.3) is 0 Å². The number of fused-ring (bicyclic) bond motifs is 1. The number of hydrogen-bond acceptors (Lipinski definition) is 1. The molecular formula is C15H19NO. The fraction of sp³-hybridized carbons (Fsp3) is 0.467. The van der Waals surface area contributed by atoms with Gasteiger partial charge in [0.05, 0.1) is 11.6 Å². The molecule has 1 aliphatic rings. The SMILES string of the molecule is CC(O)c1cccc2ccn(CC3CCC3)c12. The summed E-state index contributed by atoms with van der Waals surface area (Å²) in [4.78, 5) is 0. The Bertz CT molecular complexity index is 523. The van der Waals surface area contributed by atoms with Crippen molar-refractivity contribution in [1.82, 2.24) is 4.57 Å². The first-order valence-corrected chi connectivity index (χ1v) is 6.51. The van der Waals surface area contributed by atoms with Crippen LogP contribution in [0.3, 0.4) is 0 Å². The van der Waals surface area contributed by atoms with Gasteiger partial charge in [-0.2, -0.15) is 0 Å². The molecule has 0 spiro atoms. The van der Waals surface area contributed by atoms with Gasteiger partial charge in [0.2, 0.25) is 0 Å². The summed E-state index contributed by atoms with van der Waals surface area (Å²) in [5, 5.41) is 11.1. The number of nitrogens with zero attached hydrogens (tertiary/aromatic N) is 1. The second kappa shape index (κ2) is 4.19. The molecule has 1 unspecified atom stereocenters. The topological polar surface area (TPSA) is 25.2 Å². The lowest BCUT2D eigenvalue weighted by Crippen LogP contribution is -2.17. The largest absolute Gasteiger partial charge is 0.389 e. The molecule has 90 valence electrons. The van der Waals surface area contributed by atoms with Crippen LogP contribution in [0.4, 0.5) is 0 Å². The highest BCUT2D eigenvalue weighted by Gasteiger charge is 2.19. The summed E-state index contributed by atoms with van der Waals surface area (Å²) in [6, 6.07) is 8.33. The molecule has 1 fully saturated rings. The average Bonchev–Trinajstić information content (AvgIpc) is 2.66. The van der Waals surface area contributed by atoms with Crippen LogP contribution in [-0.2, 0) is 6.54 Å². The number of benzene rings is 1. The van der Waals surface area contributed by atoms with Crippen LogP contribution >= 0.6 is 0 Å². The minimum Gasteiger partial charge on any atom is -0.389 e. The van der Waals surface area contributed by atoms with Gasteiger partial charge in [-0.3, -0.25) is 0 Å². The fourth-order valence-electron chi connectivity index (χ4n) is 2.73. The number of aromatic nitrogens is 1. The minimum absolute atomic E-state index is 0.395. The van der Waals surface area contributed by atoms with E-state index in [1.54, 1.807) is 0 Å². The molecule has 1 heterocycles. The highest BCUT2D eigenvalue weighted by atomic mass is 16.3. The first-order chi connectivity index (χ1) is 8.25. The number of aliphatic hydroxyl groups is 1. The fourth-order valence-corrected chi connectivity index (χ4v) is 2.73. The Kier molecular flexibility index (Phi) is 2.67. The number of aliphatic hydroxyl groups excluding tert-OH is 1. The standard InChI is InChI=1S/C15H19NO/c1-11(17)14-7-3-6-13-8-9-16(15(13)14)10-12-4-2-5-12/h3,6-9,11-12,17H,2,4-5,10H2,1H3. The summed E-state index contributed by atoms with van der Waals surface area (Å²) in [6.45, 7) is 2.95. The second-order valence-electron chi connectivity index (χ2n) is 5.23. The lowest BCUT2D eigenvalue weighted by Gasteiger charge is -2.26. The number of rotatable bonds is 3. The summed E-state index contributed by atoms with van der Waals surface area (Å²) < 4.78 is 2.32. The molecule has 17 heavy (non-hydrogen) atoms. The third-order valence-electron chi connectivity index (χ3n) is 3.95. The van der Waals surface area contributed by atoms with E-state index >= 15 is 0 Å². The normalized spacial score (nSPS) is 18.2. The van der Waals surface area contributed by atoms with Crippen LogP contribution in [0.2, 0.25) is 0 Å². The molecule has 2 nitrogen and oxygen atoms in total. The second-order valence-corrected chi connectivity index (χ2v) is 5.23. The van der Waals surface area contributed by atoms with Gasteiger partial charge in [0, 0.05) is 18.3 Å². The van der Waals surface area contributed by atoms with Gasteiger partial charge in [0.1, 0.15) is 0 Å². The average molecular weight is 229 g/mol. The van der Waals surface area contributed by atoms with E-state index in [1.807, 2.05) is 19.1 Å². The van der Waals surface area contributed by atoms with Gasteiger partial charge in [-0.05, 0) is 37.1 Å². The summed E-state index contributed by atoms with van der Waals surface area (Å²) in [5.41, 5.74) is 2.27. The summed E-state index contributed by atoms with van der Waals surface area (Å²) in [7, 11) is 0. The van der Waals surface area contributed by atoms with E-state index in [2.05, 4.69) is 22.9 Å². The summed E-state index contributed by atoms with van der Waals surface area (Å²) >= 11 is 0. The number of para-hydroxylation sites is 1. The van der Waals surface area contributed by atoms with Crippen molar-refractivity contribution in [2.75, 3.05) is 0 Å². The van der Waals surface area contributed by atoms with Gasteiger partial charge in [-0.15, -0.1) is 0 Å². The van der Waals surface area contributed by atoms with Crippen LogP contribution in [0.25, 0.3) is 10.9 Å². The molecule has 2 aromatic rings. The van der Waals surface area contributed by atoms with Crippen LogP contribution in [-0.4, -0.2) is 9.67 Å². The lowest BCUT2D eigenvalue weighted by atomic mass is 9.85. The van der Waals surface area contributed by atoms with E-state index in [1.165, 1.54) is 30.2 Å². The van der Waals surface area contributed by atoms with E-state index in [-0.39, 0.29) is 0 Å². The Balaban J connectivity index is 2.05. The lowest BCUT2D eigenvalue weighted by molar-refractivity contribution is 0.200. The zero-order valence-electron chi connectivity index (χ0n) is 10.3. The smallest absolute Gasteiger partial charge is 0.0782 e. The predicted octanol–water partition coefficient (Wildman–Crippen LogP) is 3.49. The highest BCUT2D eigenvalue weighted by molar-refractivity contribution is 5.83. The third kappa shape index (κ3) is 1.87. The van der Waals surface area contributed by atoms with Crippen LogP contribution in [0.1, 0.15) is 37.9 Å². The Hall–Kier alpha value is -1.28. The van der Waals surface area contributed by atoms with Crippen LogP contribution < -0.4 is 0 Å². The molecule has 0 radical (unpaired) electrons. The molecule has 0 bridgehead atoms. The predicted molar refractivity (Wildman–Crippen MR) is 69.9 cm³/mol. The Morgan fingerprint density at radius 2 is 2.18 bits per heavy atom. The van der Waals surface area contributed by atoms with Gasteiger partial charge in [-0.25, -0.2) is 0 Å². The van der Waals surface area contributed by atoms with E-state index in [0.29, 0.717) is 0 Å². The minimum atomic E-state index is -0.395. The summed E-state index contributed by atoms with van der Waals surface area (Å²) in [5.74, 6) is 0.840. The molecule has 3 rings (SSSR count). The van der Waals surface area contributed by atoms with Crippen molar-refractivity contribution in [1.29, 1.82) is 0 Å². The molecule has 1 N–H and O–H groups in total. The van der Waals surface area contributed by atoms with Crippen molar-refractivity contribution in [2.24, 2.45) is 5.92 Å². The van der Waals surface area contributed by atoms with Crippen molar-refractivity contribution >= 4 is 10.9 Å². The molecule has 1 atom stereocenters. The maximum absolute atomic E-state index is 9.86. The molecule has 0 aliphatic heterocycles. The van der Waals surface area contributed by atoms with Crippen molar-refractivity contribution in [3.63, 3.8) is 0 Å². The zero-order valence-corrected chi connectivity index (χ0v) is 10.3. The summed E-state index contributed by atoms with van der Waals surface area (Å²) in [6.07, 6.45) is 5.86. The van der Waals surface area contributed by atoms with Gasteiger partial charge in [-0.1, -0.05) is 24.6 Å². The maximum atomic E-state index is 9.86. The quantitative estimate of drug-likeness (QED) is 0.856. The van der Waals surface area contributed by atoms with Crippen LogP contribution in [0.15, 0.2) is 30.5 Å². The Morgan fingerprint density at radius 3 is 2.82 bits per heavy atom. The highest BCUT2D eigenvalue weighted by Crippen LogP contribution is 2.31. The molecular weight excluding hydrogens is 210 g/mol. The van der Waals surface area contributed by atoms with Crippen molar-refractivity contribution in [3.8, 4) is 0 Å². The molecule has 1 aromatic carbocycles. The van der Waals surface area contributed by atoms with E-state index < -0.39 is 6.10 Å². The van der Waals surface area contributed by atoms with Crippen molar-refractivity contribution in [3.05, 3.63) is 36.0 Å². The van der Waals surface area contributed by atoms with Crippen LogP contribution in [0, 0.1) is 5.92 Å². The van der Waals surface area contributed by atoms with E-state index in [0.717, 1.165) is 18.0 Å². The Morgan fingerprint density at radius 1 is 1.35 bits per heavy atom. The number of hydrogen-bond donors (Lipinski definition) is 1. The van der Waals surface area contributed by atoms with Crippen LogP contribution in [0.5, 0.6) is 0 Å². The third-order valence-corrected chi connectivity index (χ3v) is 3.95. The first-order valence-electron chi connectivity index (χ1n) is 6.51. The monoisotopic (exact) mass is 229 g/mol. The first kappa shape index (κ1) is 10.8. The van der Waals surface area contributed by atoms with Gasteiger partial charge in [0.15, 0.2) is 0 Å².